The summed E-state index contributed by atoms with van der Waals surface area (Å²) in [5, 5.41) is 0. The second kappa shape index (κ2) is 4.84. The van der Waals surface area contributed by atoms with Gasteiger partial charge in [0.2, 0.25) is 0 Å². The van der Waals surface area contributed by atoms with Gasteiger partial charge in [0.05, 0.1) is 4.47 Å². The van der Waals surface area contributed by atoms with Crippen LogP contribution in [0.15, 0.2) is 16.6 Å². The van der Waals surface area contributed by atoms with Gasteiger partial charge in [0.25, 0.3) is 0 Å². The highest BCUT2D eigenvalue weighted by molar-refractivity contribution is 9.10. The highest BCUT2D eigenvalue weighted by Gasteiger charge is 2.12. The second-order valence-corrected chi connectivity index (χ2v) is 4.13. The smallest absolute Gasteiger partial charge is 0.172 e. The van der Waals surface area contributed by atoms with Crippen molar-refractivity contribution < 1.29 is 8.78 Å². The summed E-state index contributed by atoms with van der Waals surface area (Å²) in [5.41, 5.74) is 6.16. The summed E-state index contributed by atoms with van der Waals surface area (Å²) in [4.78, 5) is 0. The fraction of sp³-hybridized carbons (Fsp3) is 0.400. The minimum absolute atomic E-state index is 0.145. The van der Waals surface area contributed by atoms with Gasteiger partial charge in [-0.25, -0.2) is 8.78 Å². The molecule has 1 nitrogen and oxygen atoms in total. The topological polar surface area (TPSA) is 26.0 Å². The highest BCUT2D eigenvalue weighted by atomic mass is 79.9. The van der Waals surface area contributed by atoms with Gasteiger partial charge in [0, 0.05) is 0 Å². The van der Waals surface area contributed by atoms with E-state index in [1.165, 1.54) is 6.07 Å². The number of rotatable bonds is 3. The third-order valence-corrected chi connectivity index (χ3v) is 2.75. The molecule has 2 N–H and O–H groups in total. The van der Waals surface area contributed by atoms with Crippen molar-refractivity contribution >= 4 is 15.9 Å². The summed E-state index contributed by atoms with van der Waals surface area (Å²) in [6.45, 7) is 2.48. The third-order valence-electron chi connectivity index (χ3n) is 2.17. The molecule has 0 saturated carbocycles. The number of benzene rings is 1. The molecular formula is C10H12BrF2N. The molecule has 0 aromatic heterocycles. The number of hydrogen-bond acceptors (Lipinski definition) is 1. The van der Waals surface area contributed by atoms with E-state index < -0.39 is 11.6 Å². The molecule has 14 heavy (non-hydrogen) atoms. The van der Waals surface area contributed by atoms with E-state index in [0.717, 1.165) is 12.0 Å². The molecule has 0 bridgehead atoms. The molecule has 1 atom stereocenters. The molecule has 1 rings (SSSR count). The molecule has 1 unspecified atom stereocenters. The van der Waals surface area contributed by atoms with Crippen molar-refractivity contribution in [3.63, 3.8) is 0 Å². The van der Waals surface area contributed by atoms with Crippen LogP contribution in [0, 0.1) is 11.6 Å². The molecule has 0 aliphatic heterocycles. The van der Waals surface area contributed by atoms with Crippen LogP contribution in [0.4, 0.5) is 8.78 Å². The molecule has 4 heteroatoms. The quantitative estimate of drug-likeness (QED) is 0.833. The Labute approximate surface area is 90.4 Å². The molecule has 0 aliphatic carbocycles. The molecule has 0 aliphatic rings. The van der Waals surface area contributed by atoms with Crippen molar-refractivity contribution in [2.45, 2.75) is 19.3 Å². The fourth-order valence-corrected chi connectivity index (χ4v) is 1.73. The zero-order valence-corrected chi connectivity index (χ0v) is 9.44. The zero-order chi connectivity index (χ0) is 10.7. The maximum atomic E-state index is 13.0. The number of halogens is 3. The van der Waals surface area contributed by atoms with Gasteiger partial charge < -0.3 is 5.73 Å². The number of hydrogen-bond donors (Lipinski definition) is 1. The molecule has 0 spiro atoms. The monoisotopic (exact) mass is 263 g/mol. The van der Waals surface area contributed by atoms with Crippen molar-refractivity contribution in [2.75, 3.05) is 6.54 Å². The van der Waals surface area contributed by atoms with Gasteiger partial charge in [-0.2, -0.15) is 0 Å². The Morgan fingerprint density at radius 1 is 1.43 bits per heavy atom. The molecule has 0 fully saturated rings. The summed E-state index contributed by atoms with van der Waals surface area (Å²) in [6.07, 6.45) is 0.761. The molecule has 0 saturated heterocycles. The van der Waals surface area contributed by atoms with E-state index in [9.17, 15) is 8.78 Å². The van der Waals surface area contributed by atoms with E-state index in [-0.39, 0.29) is 10.4 Å². The summed E-state index contributed by atoms with van der Waals surface area (Å²) >= 11 is 2.97. The Bertz CT molecular complexity index is 305. The molecule has 1 aromatic rings. The first-order valence-electron chi connectivity index (χ1n) is 4.40. The van der Waals surface area contributed by atoms with Crippen LogP contribution in [0.5, 0.6) is 0 Å². The molecule has 0 heterocycles. The molecule has 0 radical (unpaired) electrons. The Kier molecular flexibility index (Phi) is 4.01. The van der Waals surface area contributed by atoms with Crippen LogP contribution in [0.2, 0.25) is 0 Å². The van der Waals surface area contributed by atoms with Crippen molar-refractivity contribution in [1.29, 1.82) is 0 Å². The first-order chi connectivity index (χ1) is 6.56. The van der Waals surface area contributed by atoms with E-state index in [0.29, 0.717) is 6.54 Å². The average molecular weight is 264 g/mol. The van der Waals surface area contributed by atoms with Gasteiger partial charge in [-0.05, 0) is 52.5 Å². The standard InChI is InChI=1S/C10H12BrF2N/c1-6(2-3-14)7-4-8(11)10(13)9(12)5-7/h4-6H,2-3,14H2,1H3. The Balaban J connectivity index is 3.00. The lowest BCUT2D eigenvalue weighted by Crippen LogP contribution is -2.05. The SMILES string of the molecule is CC(CCN)c1cc(F)c(F)c(Br)c1. The molecule has 0 amide bonds. The highest BCUT2D eigenvalue weighted by Crippen LogP contribution is 2.26. The van der Waals surface area contributed by atoms with E-state index in [2.05, 4.69) is 15.9 Å². The van der Waals surface area contributed by atoms with Gasteiger partial charge in [-0.15, -0.1) is 0 Å². The predicted molar refractivity (Wildman–Crippen MR) is 56.1 cm³/mol. The maximum Gasteiger partial charge on any atom is 0.172 e. The van der Waals surface area contributed by atoms with Crippen LogP contribution >= 0.6 is 15.9 Å². The van der Waals surface area contributed by atoms with E-state index >= 15 is 0 Å². The molecular weight excluding hydrogens is 252 g/mol. The van der Waals surface area contributed by atoms with Gasteiger partial charge in [0.1, 0.15) is 0 Å². The Morgan fingerprint density at radius 3 is 2.57 bits per heavy atom. The Hall–Kier alpha value is -0.480. The van der Waals surface area contributed by atoms with Crippen LogP contribution in [0.1, 0.15) is 24.8 Å². The Morgan fingerprint density at radius 2 is 2.07 bits per heavy atom. The van der Waals surface area contributed by atoms with Crippen molar-refractivity contribution in [2.24, 2.45) is 5.73 Å². The third kappa shape index (κ3) is 2.51. The minimum Gasteiger partial charge on any atom is -0.330 e. The largest absolute Gasteiger partial charge is 0.330 e. The first-order valence-corrected chi connectivity index (χ1v) is 5.20. The van der Waals surface area contributed by atoms with Crippen molar-refractivity contribution in [3.8, 4) is 0 Å². The lowest BCUT2D eigenvalue weighted by molar-refractivity contribution is 0.500. The van der Waals surface area contributed by atoms with Gasteiger partial charge >= 0.3 is 0 Å². The summed E-state index contributed by atoms with van der Waals surface area (Å²) < 4.78 is 26.1. The first kappa shape index (κ1) is 11.6. The fourth-order valence-electron chi connectivity index (χ4n) is 1.28. The average Bonchev–Trinajstić information content (AvgIpc) is 2.13. The number of nitrogens with two attached hydrogens (primary N) is 1. The van der Waals surface area contributed by atoms with E-state index in [4.69, 9.17) is 5.73 Å². The zero-order valence-electron chi connectivity index (χ0n) is 7.86. The van der Waals surface area contributed by atoms with Gasteiger partial charge in [-0.3, -0.25) is 0 Å². The summed E-state index contributed by atoms with van der Waals surface area (Å²) in [6, 6.07) is 2.82. The molecule has 78 valence electrons. The van der Waals surface area contributed by atoms with Gasteiger partial charge in [-0.1, -0.05) is 6.92 Å². The minimum atomic E-state index is -0.839. The van der Waals surface area contributed by atoms with Crippen LogP contribution in [0.3, 0.4) is 0 Å². The maximum absolute atomic E-state index is 13.0. The predicted octanol–water partition coefficient (Wildman–Crippen LogP) is 3.18. The second-order valence-electron chi connectivity index (χ2n) is 3.28. The van der Waals surface area contributed by atoms with Crippen molar-refractivity contribution in [1.82, 2.24) is 0 Å². The van der Waals surface area contributed by atoms with Gasteiger partial charge in [0.15, 0.2) is 11.6 Å². The van der Waals surface area contributed by atoms with Crippen LogP contribution in [0.25, 0.3) is 0 Å². The normalized spacial score (nSPS) is 12.9. The lowest BCUT2D eigenvalue weighted by atomic mass is 9.98. The summed E-state index contributed by atoms with van der Waals surface area (Å²) in [5.74, 6) is -1.52. The summed E-state index contributed by atoms with van der Waals surface area (Å²) in [7, 11) is 0. The van der Waals surface area contributed by atoms with Crippen LogP contribution < -0.4 is 5.73 Å². The molecule has 1 aromatic carbocycles. The van der Waals surface area contributed by atoms with Crippen LogP contribution in [-0.4, -0.2) is 6.54 Å². The van der Waals surface area contributed by atoms with Crippen LogP contribution in [-0.2, 0) is 0 Å². The van der Waals surface area contributed by atoms with E-state index in [1.54, 1.807) is 6.07 Å². The van der Waals surface area contributed by atoms with Crippen molar-refractivity contribution in [3.05, 3.63) is 33.8 Å². The van der Waals surface area contributed by atoms with E-state index in [1.807, 2.05) is 6.92 Å². The lowest BCUT2D eigenvalue weighted by Gasteiger charge is -2.11.